The lowest BCUT2D eigenvalue weighted by Gasteiger charge is -2.44. The number of ether oxygens (including phenoxy) is 5. The monoisotopic (exact) mass is 620 g/mol. The summed E-state index contributed by atoms with van der Waals surface area (Å²) in [4.78, 5) is 48.2. The Balaban J connectivity index is 1.96. The number of rotatable bonds is 14. The minimum atomic E-state index is -1.17. The molecular weight excluding hydrogens is 580 g/mol. The lowest BCUT2D eigenvalue weighted by atomic mass is 9.97. The third kappa shape index (κ3) is 10.2. The van der Waals surface area contributed by atoms with Crippen molar-refractivity contribution < 1.29 is 42.9 Å². The number of amides is 1. The predicted molar refractivity (Wildman–Crippen MR) is 155 cm³/mol. The Morgan fingerprint density at radius 1 is 0.953 bits per heavy atom. The number of aryl methyl sites for hydroxylation is 1. The van der Waals surface area contributed by atoms with Crippen LogP contribution in [0.25, 0.3) is 0 Å². The second-order valence-corrected chi connectivity index (χ2v) is 11.3. The topological polar surface area (TPSA) is 157 Å². The van der Waals surface area contributed by atoms with Crippen LogP contribution in [0.2, 0.25) is 0 Å². The molecule has 0 aliphatic carbocycles. The quantitative estimate of drug-likeness (QED) is 0.187. The molecule has 1 amide bonds. The minimum Gasteiger partial charge on any atom is -0.486 e. The summed E-state index contributed by atoms with van der Waals surface area (Å²) in [6.45, 7) is 9.54. The number of benzene rings is 1. The van der Waals surface area contributed by atoms with Crippen LogP contribution >= 0.6 is 11.8 Å². The summed E-state index contributed by atoms with van der Waals surface area (Å²) in [5.74, 6) is -1.03. The van der Waals surface area contributed by atoms with E-state index >= 15 is 0 Å². The Hall–Kier alpha value is -3.65. The van der Waals surface area contributed by atoms with Crippen LogP contribution in [0.5, 0.6) is 5.75 Å². The maximum Gasteiger partial charge on any atom is 0.303 e. The Bertz CT molecular complexity index is 1250. The molecule has 1 fully saturated rings. The lowest BCUT2D eigenvalue weighted by molar-refractivity contribution is -0.211. The van der Waals surface area contributed by atoms with Gasteiger partial charge >= 0.3 is 17.9 Å². The number of nitrogens with zero attached hydrogens (tertiary/aromatic N) is 3. The molecule has 1 saturated heterocycles. The van der Waals surface area contributed by atoms with Crippen molar-refractivity contribution in [3.8, 4) is 5.75 Å². The first kappa shape index (κ1) is 33.8. The fraction of sp³-hybridized carbons (Fsp3) is 0.586. The molecule has 13 nitrogen and oxygen atoms in total. The van der Waals surface area contributed by atoms with Gasteiger partial charge in [-0.25, -0.2) is 0 Å². The van der Waals surface area contributed by atoms with E-state index in [4.69, 9.17) is 23.7 Å². The van der Waals surface area contributed by atoms with E-state index in [-0.39, 0.29) is 13.2 Å². The zero-order valence-electron chi connectivity index (χ0n) is 25.4. The van der Waals surface area contributed by atoms with Crippen molar-refractivity contribution in [2.45, 2.75) is 109 Å². The molecule has 0 saturated carbocycles. The van der Waals surface area contributed by atoms with E-state index in [0.717, 1.165) is 36.6 Å². The highest BCUT2D eigenvalue weighted by Gasteiger charge is 2.51. The van der Waals surface area contributed by atoms with E-state index in [2.05, 4.69) is 22.4 Å². The van der Waals surface area contributed by atoms with Crippen LogP contribution in [0, 0.1) is 6.92 Å². The molecule has 1 aromatic heterocycles. The van der Waals surface area contributed by atoms with Crippen molar-refractivity contribution in [3.05, 3.63) is 35.7 Å². The fourth-order valence-electron chi connectivity index (χ4n) is 4.54. The van der Waals surface area contributed by atoms with Gasteiger partial charge < -0.3 is 33.6 Å². The van der Waals surface area contributed by atoms with Crippen molar-refractivity contribution in [1.82, 2.24) is 20.1 Å². The molecule has 2 aromatic rings. The van der Waals surface area contributed by atoms with E-state index in [1.165, 1.54) is 27.7 Å². The summed E-state index contributed by atoms with van der Waals surface area (Å²) in [6.07, 6.45) is -0.484. The van der Waals surface area contributed by atoms with E-state index in [1.807, 2.05) is 35.8 Å². The van der Waals surface area contributed by atoms with Crippen LogP contribution < -0.4 is 10.1 Å². The normalized spacial score (nSPS) is 21.5. The lowest BCUT2D eigenvalue weighted by Crippen LogP contribution is -2.65. The fourth-order valence-corrected chi connectivity index (χ4v) is 5.72. The number of aromatic nitrogens is 3. The summed E-state index contributed by atoms with van der Waals surface area (Å²) in [7, 11) is 0. The first-order chi connectivity index (χ1) is 20.5. The molecule has 1 aliphatic rings. The third-order valence-electron chi connectivity index (χ3n) is 6.46. The molecule has 236 valence electrons. The Labute approximate surface area is 255 Å². The van der Waals surface area contributed by atoms with Crippen LogP contribution in [0.4, 0.5) is 0 Å². The molecule has 1 N–H and O–H groups in total. The highest BCUT2D eigenvalue weighted by molar-refractivity contribution is 7.99. The van der Waals surface area contributed by atoms with E-state index in [0.29, 0.717) is 23.3 Å². The zero-order valence-corrected chi connectivity index (χ0v) is 26.2. The van der Waals surface area contributed by atoms with Crippen LogP contribution in [-0.2, 0) is 51.3 Å². The Morgan fingerprint density at radius 2 is 1.63 bits per heavy atom. The average molecular weight is 621 g/mol. The highest BCUT2D eigenvalue weighted by atomic mass is 32.2. The van der Waals surface area contributed by atoms with E-state index in [9.17, 15) is 19.2 Å². The van der Waals surface area contributed by atoms with Gasteiger partial charge in [-0.05, 0) is 25.5 Å². The molecule has 1 aliphatic heterocycles. The molecule has 0 bridgehead atoms. The maximum absolute atomic E-state index is 12.3. The number of unbranched alkanes of at least 4 members (excludes halogenated alkanes) is 2. The van der Waals surface area contributed by atoms with Crippen molar-refractivity contribution >= 4 is 35.6 Å². The first-order valence-electron chi connectivity index (χ1n) is 14.2. The Morgan fingerprint density at radius 3 is 2.23 bits per heavy atom. The zero-order chi connectivity index (χ0) is 31.5. The summed E-state index contributed by atoms with van der Waals surface area (Å²) in [6, 6.07) is 6.72. The van der Waals surface area contributed by atoms with Gasteiger partial charge in [0.25, 0.3) is 0 Å². The molecule has 0 radical (unpaired) electrons. The molecule has 0 unspecified atom stereocenters. The standard InChI is InChI=1S/C29H40N4O9S/c1-7-8-9-14-33-24(16-39-22-12-10-17(2)11-13-22)31-32-29(33)43-28-25(30-18(3)34)27(41-21(6)37)26(40-20(5)36)23(42-28)15-38-19(4)35/h10-13,23,25-28H,7-9,14-16H2,1-6H3,(H,30,34)/t23-,25+,26+,27-,28+/m1/s1. The average Bonchev–Trinajstić information content (AvgIpc) is 3.31. The van der Waals surface area contributed by atoms with Crippen LogP contribution in [0.1, 0.15) is 65.3 Å². The van der Waals surface area contributed by atoms with Gasteiger partial charge in [-0.2, -0.15) is 0 Å². The number of hydrogen-bond donors (Lipinski definition) is 1. The first-order valence-corrected chi connectivity index (χ1v) is 15.0. The van der Waals surface area contributed by atoms with Crippen molar-refractivity contribution in [2.24, 2.45) is 0 Å². The molecule has 0 spiro atoms. The number of nitrogens with one attached hydrogen (secondary N) is 1. The Kier molecular flexibility index (Phi) is 12.8. The SMILES string of the molecule is CCCCCn1c(COc2ccc(C)cc2)nnc1S[C@@H]1O[C@H](COC(C)=O)[C@H](OC(C)=O)[C@H](OC(C)=O)[C@@H]1NC(C)=O. The minimum absolute atomic E-state index is 0.170. The predicted octanol–water partition coefficient (Wildman–Crippen LogP) is 3.10. The summed E-state index contributed by atoms with van der Waals surface area (Å²) >= 11 is 1.16. The van der Waals surface area contributed by atoms with Crippen molar-refractivity contribution in [1.29, 1.82) is 0 Å². The summed E-state index contributed by atoms with van der Waals surface area (Å²) in [5, 5.41) is 12.1. The third-order valence-corrected chi connectivity index (χ3v) is 7.61. The van der Waals surface area contributed by atoms with Gasteiger partial charge in [0.15, 0.2) is 23.2 Å². The van der Waals surface area contributed by atoms with Gasteiger partial charge in [-0.3, -0.25) is 19.2 Å². The van der Waals surface area contributed by atoms with Gasteiger partial charge in [0.2, 0.25) is 5.91 Å². The van der Waals surface area contributed by atoms with Crippen LogP contribution in [0.3, 0.4) is 0 Å². The van der Waals surface area contributed by atoms with Crippen molar-refractivity contribution in [2.75, 3.05) is 6.61 Å². The largest absolute Gasteiger partial charge is 0.486 e. The smallest absolute Gasteiger partial charge is 0.303 e. The van der Waals surface area contributed by atoms with E-state index in [1.54, 1.807) is 0 Å². The summed E-state index contributed by atoms with van der Waals surface area (Å²) < 4.78 is 30.5. The second-order valence-electron chi connectivity index (χ2n) is 10.2. The molecular formula is C29H40N4O9S. The van der Waals surface area contributed by atoms with Crippen molar-refractivity contribution in [3.63, 3.8) is 0 Å². The van der Waals surface area contributed by atoms with Gasteiger partial charge in [0.05, 0.1) is 0 Å². The highest BCUT2D eigenvalue weighted by Crippen LogP contribution is 2.36. The van der Waals surface area contributed by atoms with Crippen LogP contribution in [0.15, 0.2) is 29.4 Å². The molecule has 5 atom stereocenters. The number of hydrogen-bond acceptors (Lipinski definition) is 12. The second kappa shape index (κ2) is 16.3. The van der Waals surface area contributed by atoms with Gasteiger partial charge in [0.1, 0.15) is 36.5 Å². The molecule has 14 heteroatoms. The van der Waals surface area contributed by atoms with Gasteiger partial charge in [0, 0.05) is 34.2 Å². The maximum atomic E-state index is 12.3. The number of carbonyl (C=O) groups is 4. The van der Waals surface area contributed by atoms with Gasteiger partial charge in [-0.15, -0.1) is 10.2 Å². The van der Waals surface area contributed by atoms with Crippen LogP contribution in [-0.4, -0.2) is 75.0 Å². The van der Waals surface area contributed by atoms with Gasteiger partial charge in [-0.1, -0.05) is 49.2 Å². The molecule has 43 heavy (non-hydrogen) atoms. The number of carbonyl (C=O) groups excluding carboxylic acids is 4. The number of thioether (sulfide) groups is 1. The molecule has 3 rings (SSSR count). The molecule has 2 heterocycles. The number of esters is 3. The molecule has 1 aromatic carbocycles. The summed E-state index contributed by atoms with van der Waals surface area (Å²) in [5.41, 5.74) is 0.214. The van der Waals surface area contributed by atoms with E-state index < -0.39 is 53.6 Å².